The molecule has 0 aliphatic rings. The fourth-order valence-corrected chi connectivity index (χ4v) is 2.46. The highest BCUT2D eigenvalue weighted by atomic mass is 19.1. The molecule has 0 aliphatic carbocycles. The molecule has 3 nitrogen and oxygen atoms in total. The average molecular weight is 275 g/mol. The predicted octanol–water partition coefficient (Wildman–Crippen LogP) is 3.03. The van der Waals surface area contributed by atoms with E-state index in [-0.39, 0.29) is 5.82 Å². The van der Waals surface area contributed by atoms with Crippen molar-refractivity contribution in [1.29, 1.82) is 0 Å². The summed E-state index contributed by atoms with van der Waals surface area (Å²) in [5.74, 6) is -0.245. The molecule has 1 aromatic carbocycles. The lowest BCUT2D eigenvalue weighted by Crippen LogP contribution is -2.34. The fourth-order valence-electron chi connectivity index (χ4n) is 2.46. The Kier molecular flexibility index (Phi) is 3.69. The number of nitrogens with two attached hydrogens (primary N) is 1. The lowest BCUT2D eigenvalue weighted by atomic mass is 9.94. The lowest BCUT2D eigenvalue weighted by Gasteiger charge is -2.21. The summed E-state index contributed by atoms with van der Waals surface area (Å²) in [5.41, 5.74) is 9.28. The maximum Gasteiger partial charge on any atom is 0.124 e. The van der Waals surface area contributed by atoms with Crippen LogP contribution in [-0.2, 0) is 6.42 Å². The molecule has 0 atom stereocenters. The van der Waals surface area contributed by atoms with Crippen molar-refractivity contribution in [3.05, 3.63) is 35.3 Å². The molecule has 1 heterocycles. The first kappa shape index (κ1) is 14.7. The van der Waals surface area contributed by atoms with Gasteiger partial charge >= 0.3 is 0 Å². The monoisotopic (exact) mass is 275 g/mol. The van der Waals surface area contributed by atoms with Crippen LogP contribution in [0, 0.1) is 12.7 Å². The third-order valence-corrected chi connectivity index (χ3v) is 3.19. The molecule has 2 N–H and O–H groups in total. The van der Waals surface area contributed by atoms with Gasteiger partial charge in [0.15, 0.2) is 0 Å². The average Bonchev–Trinajstić information content (AvgIpc) is 2.27. The van der Waals surface area contributed by atoms with E-state index in [0.717, 1.165) is 27.8 Å². The van der Waals surface area contributed by atoms with Crippen molar-refractivity contribution in [3.8, 4) is 0 Å². The van der Waals surface area contributed by atoms with Gasteiger partial charge in [0.05, 0.1) is 5.52 Å². The quantitative estimate of drug-likeness (QED) is 0.936. The van der Waals surface area contributed by atoms with Gasteiger partial charge in [0.2, 0.25) is 0 Å². The molecule has 4 heteroatoms. The number of anilines is 1. The van der Waals surface area contributed by atoms with Gasteiger partial charge in [-0.05, 0) is 51.0 Å². The molecule has 0 unspecified atom stereocenters. The van der Waals surface area contributed by atoms with Crippen LogP contribution in [0.15, 0.2) is 18.2 Å². The Morgan fingerprint density at radius 1 is 1.25 bits per heavy atom. The summed E-state index contributed by atoms with van der Waals surface area (Å²) >= 11 is 0. The van der Waals surface area contributed by atoms with E-state index >= 15 is 0 Å². The van der Waals surface area contributed by atoms with Gasteiger partial charge in [-0.15, -0.1) is 0 Å². The van der Waals surface area contributed by atoms with E-state index in [0.29, 0.717) is 6.42 Å². The Hall–Kier alpha value is -1.68. The lowest BCUT2D eigenvalue weighted by molar-refractivity contribution is 0.516. The van der Waals surface area contributed by atoms with Crippen LogP contribution in [0.3, 0.4) is 0 Å². The zero-order valence-corrected chi connectivity index (χ0v) is 12.8. The van der Waals surface area contributed by atoms with Crippen LogP contribution >= 0.6 is 0 Å². The van der Waals surface area contributed by atoms with Crippen LogP contribution in [-0.4, -0.2) is 24.6 Å². The second-order valence-electron chi connectivity index (χ2n) is 6.30. The fraction of sp³-hybridized carbons (Fsp3) is 0.438. The van der Waals surface area contributed by atoms with Gasteiger partial charge < -0.3 is 10.6 Å². The second kappa shape index (κ2) is 5.02. The summed E-state index contributed by atoms with van der Waals surface area (Å²) in [5, 5.41) is 0.833. The van der Waals surface area contributed by atoms with Crippen molar-refractivity contribution < 1.29 is 4.39 Å². The van der Waals surface area contributed by atoms with Crippen LogP contribution in [0.2, 0.25) is 0 Å². The van der Waals surface area contributed by atoms with Crippen LogP contribution in [0.4, 0.5) is 10.1 Å². The third-order valence-electron chi connectivity index (χ3n) is 3.19. The highest BCUT2D eigenvalue weighted by molar-refractivity contribution is 5.94. The van der Waals surface area contributed by atoms with E-state index in [4.69, 9.17) is 5.73 Å². The third kappa shape index (κ3) is 3.07. The van der Waals surface area contributed by atoms with Crippen LogP contribution < -0.4 is 10.6 Å². The van der Waals surface area contributed by atoms with Crippen LogP contribution in [0.25, 0.3) is 10.9 Å². The molecule has 108 valence electrons. The first-order valence-corrected chi connectivity index (χ1v) is 6.73. The number of benzene rings is 1. The molecule has 0 radical (unpaired) electrons. The zero-order valence-electron chi connectivity index (χ0n) is 12.8. The highest BCUT2D eigenvalue weighted by Crippen LogP contribution is 2.30. The molecule has 2 aromatic rings. The molecule has 0 saturated carbocycles. The molecule has 0 bridgehead atoms. The number of aromatic nitrogens is 1. The molecule has 0 fully saturated rings. The van der Waals surface area contributed by atoms with Crippen LogP contribution in [0.5, 0.6) is 0 Å². The molecule has 20 heavy (non-hydrogen) atoms. The van der Waals surface area contributed by atoms with E-state index in [1.165, 1.54) is 0 Å². The summed E-state index contributed by atoms with van der Waals surface area (Å²) in [6, 6.07) is 5.06. The van der Waals surface area contributed by atoms with Gasteiger partial charge in [-0.3, -0.25) is 4.98 Å². The minimum Gasteiger partial charge on any atom is -0.377 e. The van der Waals surface area contributed by atoms with Gasteiger partial charge in [0.1, 0.15) is 5.82 Å². The molecular formula is C16H22FN3. The Morgan fingerprint density at radius 3 is 2.45 bits per heavy atom. The Balaban J connectivity index is 2.76. The minimum absolute atomic E-state index is 0.245. The van der Waals surface area contributed by atoms with Gasteiger partial charge in [-0.2, -0.15) is 0 Å². The van der Waals surface area contributed by atoms with Crippen molar-refractivity contribution in [2.45, 2.75) is 32.7 Å². The number of hydrogen-bond donors (Lipinski definition) is 1. The second-order valence-corrected chi connectivity index (χ2v) is 6.30. The summed E-state index contributed by atoms with van der Waals surface area (Å²) in [4.78, 5) is 6.58. The topological polar surface area (TPSA) is 42.1 Å². The van der Waals surface area contributed by atoms with E-state index in [9.17, 15) is 4.39 Å². The molecular weight excluding hydrogens is 253 g/mol. The first-order valence-electron chi connectivity index (χ1n) is 6.73. The number of fused-ring (bicyclic) bond motifs is 1. The van der Waals surface area contributed by atoms with Gasteiger partial charge in [0, 0.05) is 36.4 Å². The van der Waals surface area contributed by atoms with Crippen LogP contribution in [0.1, 0.15) is 25.1 Å². The van der Waals surface area contributed by atoms with E-state index in [2.05, 4.69) is 4.98 Å². The number of rotatable bonds is 3. The number of hydrogen-bond acceptors (Lipinski definition) is 3. The standard InChI is InChI=1S/C16H22FN3/c1-10-6-14(20(4)5)13-8-12(17)7-11(15(13)19-10)9-16(2,3)18/h6-8H,9,18H2,1-5H3. The number of halogens is 1. The van der Waals surface area contributed by atoms with Gasteiger partial charge in [-0.25, -0.2) is 4.39 Å². The summed E-state index contributed by atoms with van der Waals surface area (Å²) < 4.78 is 13.9. The largest absolute Gasteiger partial charge is 0.377 e. The Labute approximate surface area is 119 Å². The van der Waals surface area contributed by atoms with Crippen molar-refractivity contribution in [2.75, 3.05) is 19.0 Å². The number of pyridine rings is 1. The van der Waals surface area contributed by atoms with Crippen molar-refractivity contribution >= 4 is 16.6 Å². The summed E-state index contributed by atoms with van der Waals surface area (Å²) in [6.45, 7) is 5.83. The summed E-state index contributed by atoms with van der Waals surface area (Å²) in [7, 11) is 3.90. The van der Waals surface area contributed by atoms with E-state index in [1.54, 1.807) is 12.1 Å². The van der Waals surface area contributed by atoms with Crippen molar-refractivity contribution in [1.82, 2.24) is 4.98 Å². The molecule has 0 saturated heterocycles. The maximum atomic E-state index is 13.9. The molecule has 2 rings (SSSR count). The minimum atomic E-state index is -0.398. The van der Waals surface area contributed by atoms with E-state index in [1.807, 2.05) is 45.8 Å². The van der Waals surface area contributed by atoms with Crippen molar-refractivity contribution in [2.24, 2.45) is 5.73 Å². The molecule has 0 spiro atoms. The maximum absolute atomic E-state index is 13.9. The van der Waals surface area contributed by atoms with Crippen molar-refractivity contribution in [3.63, 3.8) is 0 Å². The number of aryl methyl sites for hydroxylation is 1. The highest BCUT2D eigenvalue weighted by Gasteiger charge is 2.17. The SMILES string of the molecule is Cc1cc(N(C)C)c2cc(F)cc(CC(C)(C)N)c2n1. The summed E-state index contributed by atoms with van der Waals surface area (Å²) in [6.07, 6.45) is 0.588. The smallest absolute Gasteiger partial charge is 0.124 e. The Morgan fingerprint density at radius 2 is 1.90 bits per heavy atom. The Bertz CT molecular complexity index is 642. The molecule has 0 amide bonds. The van der Waals surface area contributed by atoms with Gasteiger partial charge in [0.25, 0.3) is 0 Å². The van der Waals surface area contributed by atoms with E-state index < -0.39 is 5.54 Å². The zero-order chi connectivity index (χ0) is 15.1. The predicted molar refractivity (Wildman–Crippen MR) is 82.7 cm³/mol. The normalized spacial score (nSPS) is 11.9. The molecule has 0 aliphatic heterocycles. The molecule has 1 aromatic heterocycles. The van der Waals surface area contributed by atoms with Gasteiger partial charge in [-0.1, -0.05) is 0 Å². The first-order chi connectivity index (χ1) is 9.17. The number of nitrogens with zero attached hydrogens (tertiary/aromatic N) is 2.